The number of ketones is 1. The second-order valence-electron chi connectivity index (χ2n) is 7.33. The lowest BCUT2D eigenvalue weighted by Gasteiger charge is -2.27. The summed E-state index contributed by atoms with van der Waals surface area (Å²) in [5.74, 6) is -2.00. The quantitative estimate of drug-likeness (QED) is 0.573. The van der Waals surface area contributed by atoms with Crippen LogP contribution in [0.2, 0.25) is 0 Å². The van der Waals surface area contributed by atoms with Crippen LogP contribution in [-0.4, -0.2) is 32.7 Å². The molecule has 2 aromatic heterocycles. The van der Waals surface area contributed by atoms with Crippen molar-refractivity contribution in [3.63, 3.8) is 0 Å². The molecule has 3 aromatic rings. The van der Waals surface area contributed by atoms with Gasteiger partial charge in [-0.05, 0) is 49.7 Å². The van der Waals surface area contributed by atoms with Gasteiger partial charge in [-0.25, -0.2) is 4.98 Å². The summed E-state index contributed by atoms with van der Waals surface area (Å²) in [6.45, 7) is 4.90. The van der Waals surface area contributed by atoms with Crippen molar-refractivity contribution < 1.29 is 19.5 Å². The van der Waals surface area contributed by atoms with Crippen LogP contribution in [0, 0.1) is 13.8 Å². The standard InChI is InChI=1S/C23H20N4O4S/c1-12-22(32-14(3)25-12)20(29)18-19(15-7-9-24-10-8-15)27(23(31)21(18)30)17-6-4-5-16(11-17)26-13(2)28/h4-11,19,30H,1-3H3,(H,26,28). The molecule has 0 saturated carbocycles. The van der Waals surface area contributed by atoms with E-state index in [0.717, 1.165) is 5.01 Å². The largest absolute Gasteiger partial charge is 0.503 e. The van der Waals surface area contributed by atoms with Gasteiger partial charge in [-0.1, -0.05) is 6.07 Å². The number of aromatic nitrogens is 2. The van der Waals surface area contributed by atoms with Crippen LogP contribution in [0.1, 0.15) is 38.9 Å². The number of benzene rings is 1. The lowest BCUT2D eigenvalue weighted by molar-refractivity contribution is -0.117. The van der Waals surface area contributed by atoms with Gasteiger partial charge < -0.3 is 10.4 Å². The molecule has 0 aliphatic carbocycles. The summed E-state index contributed by atoms with van der Waals surface area (Å²) in [6, 6.07) is 9.20. The normalized spacial score (nSPS) is 15.9. The highest BCUT2D eigenvalue weighted by Crippen LogP contribution is 2.43. The number of aliphatic hydroxyl groups is 1. The Kier molecular flexibility index (Phi) is 5.58. The fourth-order valence-corrected chi connectivity index (χ4v) is 4.64. The van der Waals surface area contributed by atoms with E-state index in [4.69, 9.17) is 0 Å². The van der Waals surface area contributed by atoms with Crippen LogP contribution in [0.3, 0.4) is 0 Å². The van der Waals surface area contributed by atoms with Crippen molar-refractivity contribution in [3.8, 4) is 0 Å². The molecule has 9 heteroatoms. The second kappa shape index (κ2) is 8.35. The molecule has 8 nitrogen and oxygen atoms in total. The number of nitrogens with zero attached hydrogens (tertiary/aromatic N) is 3. The van der Waals surface area contributed by atoms with Gasteiger partial charge in [0, 0.05) is 30.7 Å². The maximum absolute atomic E-state index is 13.5. The van der Waals surface area contributed by atoms with Gasteiger partial charge in [0.05, 0.1) is 27.2 Å². The monoisotopic (exact) mass is 448 g/mol. The topological polar surface area (TPSA) is 112 Å². The second-order valence-corrected chi connectivity index (χ2v) is 8.53. The molecule has 2 N–H and O–H groups in total. The number of rotatable bonds is 5. The first kappa shape index (κ1) is 21.4. The minimum absolute atomic E-state index is 0.0159. The van der Waals surface area contributed by atoms with Gasteiger partial charge in [0.15, 0.2) is 5.76 Å². The molecule has 0 bridgehead atoms. The van der Waals surface area contributed by atoms with Gasteiger partial charge in [-0.3, -0.25) is 24.3 Å². The Morgan fingerprint density at radius 2 is 1.88 bits per heavy atom. The van der Waals surface area contributed by atoms with Crippen LogP contribution in [-0.2, 0) is 9.59 Å². The molecular weight excluding hydrogens is 428 g/mol. The Morgan fingerprint density at radius 3 is 2.50 bits per heavy atom. The summed E-state index contributed by atoms with van der Waals surface area (Å²) in [6.07, 6.45) is 3.12. The van der Waals surface area contributed by atoms with E-state index >= 15 is 0 Å². The molecule has 32 heavy (non-hydrogen) atoms. The number of aliphatic hydroxyl groups excluding tert-OH is 1. The number of carbonyl (C=O) groups is 3. The number of amides is 2. The van der Waals surface area contributed by atoms with Gasteiger partial charge >= 0.3 is 0 Å². The summed E-state index contributed by atoms with van der Waals surface area (Å²) >= 11 is 1.22. The molecule has 0 spiro atoms. The zero-order chi connectivity index (χ0) is 23.0. The van der Waals surface area contributed by atoms with Crippen LogP contribution in [0.4, 0.5) is 11.4 Å². The van der Waals surface area contributed by atoms with E-state index in [9.17, 15) is 19.5 Å². The highest BCUT2D eigenvalue weighted by atomic mass is 32.1. The van der Waals surface area contributed by atoms with Crippen LogP contribution >= 0.6 is 11.3 Å². The number of Topliss-reactive ketones (excluding diaryl/α,β-unsaturated/α-hetero) is 1. The smallest absolute Gasteiger partial charge is 0.294 e. The van der Waals surface area contributed by atoms with Gasteiger partial charge in [0.1, 0.15) is 0 Å². The predicted molar refractivity (Wildman–Crippen MR) is 121 cm³/mol. The maximum Gasteiger partial charge on any atom is 0.294 e. The number of carbonyl (C=O) groups excluding carboxylic acids is 3. The van der Waals surface area contributed by atoms with E-state index in [1.165, 1.54) is 23.2 Å². The molecule has 1 aliphatic rings. The molecule has 0 saturated heterocycles. The average molecular weight is 449 g/mol. The third kappa shape index (κ3) is 3.78. The SMILES string of the molecule is CC(=O)Nc1cccc(N2C(=O)C(O)=C(C(=O)c3sc(C)nc3C)C2c2ccncc2)c1. The lowest BCUT2D eigenvalue weighted by Crippen LogP contribution is -2.31. The molecular formula is C23H20N4O4S. The van der Waals surface area contributed by atoms with Crippen molar-refractivity contribution in [2.24, 2.45) is 0 Å². The molecule has 0 radical (unpaired) electrons. The van der Waals surface area contributed by atoms with Crippen LogP contribution < -0.4 is 10.2 Å². The van der Waals surface area contributed by atoms with Crippen molar-refractivity contribution >= 4 is 40.3 Å². The van der Waals surface area contributed by atoms with Crippen LogP contribution in [0.25, 0.3) is 0 Å². The lowest BCUT2D eigenvalue weighted by atomic mass is 9.95. The van der Waals surface area contributed by atoms with E-state index in [1.54, 1.807) is 62.6 Å². The van der Waals surface area contributed by atoms with Crippen molar-refractivity contribution in [1.29, 1.82) is 0 Å². The first-order valence-corrected chi connectivity index (χ1v) is 10.6. The van der Waals surface area contributed by atoms with Gasteiger partial charge in [-0.15, -0.1) is 11.3 Å². The fraction of sp³-hybridized carbons (Fsp3) is 0.174. The van der Waals surface area contributed by atoms with Gasteiger partial charge in [-0.2, -0.15) is 0 Å². The Hall–Kier alpha value is -3.85. The van der Waals surface area contributed by atoms with Gasteiger partial charge in [0.25, 0.3) is 5.91 Å². The molecule has 0 fully saturated rings. The highest BCUT2D eigenvalue weighted by molar-refractivity contribution is 7.14. The van der Waals surface area contributed by atoms with Crippen molar-refractivity contribution in [2.45, 2.75) is 26.8 Å². The summed E-state index contributed by atoms with van der Waals surface area (Å²) in [4.78, 5) is 48.3. The zero-order valence-electron chi connectivity index (χ0n) is 17.6. The van der Waals surface area contributed by atoms with Crippen LogP contribution in [0.5, 0.6) is 0 Å². The first-order valence-electron chi connectivity index (χ1n) is 9.81. The Labute approximate surface area is 188 Å². The van der Waals surface area contributed by atoms with Gasteiger partial charge in [0.2, 0.25) is 11.7 Å². The van der Waals surface area contributed by atoms with Crippen molar-refractivity contribution in [3.05, 3.63) is 81.3 Å². The van der Waals surface area contributed by atoms with E-state index in [2.05, 4.69) is 15.3 Å². The molecule has 1 aliphatic heterocycles. The summed E-state index contributed by atoms with van der Waals surface area (Å²) in [7, 11) is 0. The van der Waals surface area contributed by atoms with Crippen LogP contribution in [0.15, 0.2) is 60.1 Å². The van der Waals surface area contributed by atoms with E-state index in [1.807, 2.05) is 0 Å². The third-order valence-corrected chi connectivity index (χ3v) is 6.10. The highest BCUT2D eigenvalue weighted by Gasteiger charge is 2.45. The number of aryl methyl sites for hydroxylation is 2. The number of nitrogens with one attached hydrogen (secondary N) is 1. The molecule has 3 heterocycles. The predicted octanol–water partition coefficient (Wildman–Crippen LogP) is 3.90. The molecule has 1 unspecified atom stereocenters. The van der Waals surface area contributed by atoms with E-state index in [0.29, 0.717) is 27.5 Å². The Balaban J connectivity index is 1.86. The minimum Gasteiger partial charge on any atom is -0.503 e. The molecule has 162 valence electrons. The molecule has 2 amide bonds. The Morgan fingerprint density at radius 1 is 1.16 bits per heavy atom. The van der Waals surface area contributed by atoms with Crippen molar-refractivity contribution in [2.75, 3.05) is 10.2 Å². The number of hydrogen-bond acceptors (Lipinski definition) is 7. The molecule has 1 aromatic carbocycles. The minimum atomic E-state index is -0.868. The molecule has 1 atom stereocenters. The number of anilines is 2. The van der Waals surface area contributed by atoms with E-state index in [-0.39, 0.29) is 11.5 Å². The molecule has 4 rings (SSSR count). The number of pyridine rings is 1. The van der Waals surface area contributed by atoms with Crippen molar-refractivity contribution in [1.82, 2.24) is 9.97 Å². The number of thiazole rings is 1. The average Bonchev–Trinajstić information content (AvgIpc) is 3.23. The third-order valence-electron chi connectivity index (χ3n) is 5.03. The fourth-order valence-electron chi connectivity index (χ4n) is 3.77. The number of hydrogen-bond donors (Lipinski definition) is 2. The van der Waals surface area contributed by atoms with E-state index < -0.39 is 23.5 Å². The first-order chi connectivity index (χ1) is 15.3. The summed E-state index contributed by atoms with van der Waals surface area (Å²) < 4.78 is 0. The Bertz CT molecular complexity index is 1270. The summed E-state index contributed by atoms with van der Waals surface area (Å²) in [5.41, 5.74) is 2.06. The zero-order valence-corrected chi connectivity index (χ0v) is 18.4. The summed E-state index contributed by atoms with van der Waals surface area (Å²) in [5, 5.41) is 14.2. The maximum atomic E-state index is 13.5.